The van der Waals surface area contributed by atoms with Gasteiger partial charge in [0.25, 0.3) is 5.91 Å². The number of aromatic amines is 1. The highest BCUT2D eigenvalue weighted by Gasteiger charge is 2.12. The van der Waals surface area contributed by atoms with Gasteiger partial charge in [0, 0.05) is 5.69 Å². The fourth-order valence-corrected chi connectivity index (χ4v) is 1.89. The third kappa shape index (κ3) is 2.18. The molecular weight excluding hydrogens is 240 g/mol. The number of amides is 1. The Morgan fingerprint density at radius 1 is 1.11 bits per heavy atom. The van der Waals surface area contributed by atoms with Gasteiger partial charge in [-0.2, -0.15) is 15.4 Å². The Bertz CT molecular complexity index is 731. The first-order chi connectivity index (χ1) is 9.24. The first-order valence-corrected chi connectivity index (χ1v) is 5.91. The Kier molecular flexibility index (Phi) is 2.72. The van der Waals surface area contributed by atoms with Crippen LogP contribution in [0.5, 0.6) is 0 Å². The number of hydrogen-bond acceptors (Lipinski definition) is 3. The van der Waals surface area contributed by atoms with Crippen LogP contribution in [0.4, 0.5) is 5.69 Å². The lowest BCUT2D eigenvalue weighted by molar-refractivity contribution is 0.102. The number of para-hydroxylation sites is 1. The number of nitrogens with one attached hydrogen (secondary N) is 2. The summed E-state index contributed by atoms with van der Waals surface area (Å²) < 4.78 is 0. The highest BCUT2D eigenvalue weighted by molar-refractivity contribution is 6.11. The molecule has 0 aliphatic carbocycles. The highest BCUT2D eigenvalue weighted by Crippen LogP contribution is 2.16. The van der Waals surface area contributed by atoms with Crippen molar-refractivity contribution in [1.82, 2.24) is 15.4 Å². The molecule has 0 radical (unpaired) electrons. The molecule has 2 N–H and O–H groups in total. The topological polar surface area (TPSA) is 70.7 Å². The summed E-state index contributed by atoms with van der Waals surface area (Å²) in [7, 11) is 0. The van der Waals surface area contributed by atoms with Crippen LogP contribution in [0.2, 0.25) is 0 Å². The second-order valence-electron chi connectivity index (χ2n) is 4.32. The molecule has 1 aromatic heterocycles. The van der Waals surface area contributed by atoms with E-state index in [1.807, 2.05) is 37.3 Å². The number of fused-ring (bicyclic) bond motifs is 1. The molecule has 0 aliphatic heterocycles. The molecule has 0 saturated heterocycles. The van der Waals surface area contributed by atoms with Gasteiger partial charge in [0.15, 0.2) is 0 Å². The van der Waals surface area contributed by atoms with Crippen molar-refractivity contribution in [3.8, 4) is 0 Å². The Balaban J connectivity index is 1.92. The van der Waals surface area contributed by atoms with Crippen molar-refractivity contribution in [2.45, 2.75) is 6.92 Å². The van der Waals surface area contributed by atoms with Crippen molar-refractivity contribution < 1.29 is 4.79 Å². The van der Waals surface area contributed by atoms with Gasteiger partial charge in [-0.05, 0) is 31.2 Å². The van der Waals surface area contributed by atoms with Gasteiger partial charge < -0.3 is 5.32 Å². The van der Waals surface area contributed by atoms with E-state index in [9.17, 15) is 4.79 Å². The molecule has 5 heteroatoms. The normalized spacial score (nSPS) is 10.6. The van der Waals surface area contributed by atoms with E-state index < -0.39 is 0 Å². The van der Waals surface area contributed by atoms with Crippen LogP contribution in [0.3, 0.4) is 0 Å². The average Bonchev–Trinajstić information content (AvgIpc) is 2.89. The summed E-state index contributed by atoms with van der Waals surface area (Å²) in [6, 6.07) is 13.0. The summed E-state index contributed by atoms with van der Waals surface area (Å²) in [5.41, 5.74) is 3.67. The fourth-order valence-electron chi connectivity index (χ4n) is 1.89. The molecule has 0 atom stereocenters. The van der Waals surface area contributed by atoms with Crippen molar-refractivity contribution in [2.75, 3.05) is 5.32 Å². The minimum Gasteiger partial charge on any atom is -0.322 e. The lowest BCUT2D eigenvalue weighted by Gasteiger charge is -2.05. The Hall–Kier alpha value is -2.69. The van der Waals surface area contributed by atoms with Crippen LogP contribution < -0.4 is 5.32 Å². The third-order valence-electron chi connectivity index (χ3n) is 2.90. The van der Waals surface area contributed by atoms with E-state index in [0.29, 0.717) is 16.6 Å². The van der Waals surface area contributed by atoms with E-state index in [2.05, 4.69) is 20.7 Å². The molecule has 3 aromatic rings. The van der Waals surface area contributed by atoms with Crippen LogP contribution in [0.15, 0.2) is 42.5 Å². The number of benzene rings is 2. The lowest BCUT2D eigenvalue weighted by Crippen LogP contribution is -2.12. The van der Waals surface area contributed by atoms with Gasteiger partial charge in [0.2, 0.25) is 0 Å². The maximum absolute atomic E-state index is 12.2. The van der Waals surface area contributed by atoms with E-state index in [1.54, 1.807) is 12.1 Å². The minimum atomic E-state index is -0.191. The number of carbonyl (C=O) groups excluding carboxylic acids is 1. The monoisotopic (exact) mass is 252 g/mol. The molecule has 0 aliphatic rings. The smallest absolute Gasteiger partial charge is 0.258 e. The molecule has 5 nitrogen and oxygen atoms in total. The van der Waals surface area contributed by atoms with Gasteiger partial charge in [-0.25, -0.2) is 0 Å². The van der Waals surface area contributed by atoms with Crippen LogP contribution in [0, 0.1) is 6.92 Å². The Morgan fingerprint density at radius 2 is 1.89 bits per heavy atom. The van der Waals surface area contributed by atoms with Gasteiger partial charge in [0.1, 0.15) is 11.0 Å². The summed E-state index contributed by atoms with van der Waals surface area (Å²) in [4.78, 5) is 12.2. The number of anilines is 1. The molecule has 19 heavy (non-hydrogen) atoms. The van der Waals surface area contributed by atoms with E-state index in [0.717, 1.165) is 11.3 Å². The zero-order valence-electron chi connectivity index (χ0n) is 10.3. The van der Waals surface area contributed by atoms with Crippen molar-refractivity contribution in [2.24, 2.45) is 0 Å². The van der Waals surface area contributed by atoms with E-state index in [-0.39, 0.29) is 5.91 Å². The predicted octanol–water partition coefficient (Wildman–Crippen LogP) is 2.52. The number of aromatic nitrogens is 3. The van der Waals surface area contributed by atoms with Crippen LogP contribution in [-0.2, 0) is 0 Å². The second-order valence-corrected chi connectivity index (χ2v) is 4.32. The van der Waals surface area contributed by atoms with Crippen molar-refractivity contribution >= 4 is 22.6 Å². The zero-order valence-corrected chi connectivity index (χ0v) is 10.3. The average molecular weight is 252 g/mol. The summed E-state index contributed by atoms with van der Waals surface area (Å²) in [5, 5.41) is 13.3. The van der Waals surface area contributed by atoms with Crippen molar-refractivity contribution in [3.05, 3.63) is 53.6 Å². The summed E-state index contributed by atoms with van der Waals surface area (Å²) >= 11 is 0. The number of aryl methyl sites for hydroxylation is 1. The molecule has 3 rings (SSSR count). The maximum atomic E-state index is 12.2. The molecule has 1 amide bonds. The molecule has 0 fully saturated rings. The zero-order chi connectivity index (χ0) is 13.2. The third-order valence-corrected chi connectivity index (χ3v) is 2.90. The van der Waals surface area contributed by atoms with Crippen LogP contribution in [0.1, 0.15) is 15.9 Å². The summed E-state index contributed by atoms with van der Waals surface area (Å²) in [5.74, 6) is -0.191. The molecule has 94 valence electrons. The molecule has 0 bridgehead atoms. The van der Waals surface area contributed by atoms with E-state index in [1.165, 1.54) is 0 Å². The van der Waals surface area contributed by atoms with E-state index >= 15 is 0 Å². The molecular formula is C14H12N4O. The van der Waals surface area contributed by atoms with Crippen LogP contribution in [-0.4, -0.2) is 21.3 Å². The highest BCUT2D eigenvalue weighted by atomic mass is 16.1. The lowest BCUT2D eigenvalue weighted by atomic mass is 10.1. The standard InChI is InChI=1S/C14H12N4O/c1-9-5-7-10(8-6-9)15-14(19)11-3-2-4-12-13(11)17-18-16-12/h2-8H,1H3,(H,15,19)(H,16,17,18). The Labute approximate surface area is 109 Å². The number of rotatable bonds is 2. The van der Waals surface area contributed by atoms with Gasteiger partial charge >= 0.3 is 0 Å². The first kappa shape index (κ1) is 11.4. The van der Waals surface area contributed by atoms with Gasteiger partial charge in [-0.15, -0.1) is 0 Å². The minimum absolute atomic E-state index is 0.191. The maximum Gasteiger partial charge on any atom is 0.258 e. The molecule has 0 unspecified atom stereocenters. The van der Waals surface area contributed by atoms with Gasteiger partial charge in [0.05, 0.1) is 5.56 Å². The largest absolute Gasteiger partial charge is 0.322 e. The number of carbonyl (C=O) groups is 1. The molecule has 1 heterocycles. The number of nitrogens with zero attached hydrogens (tertiary/aromatic N) is 2. The van der Waals surface area contributed by atoms with Crippen molar-refractivity contribution in [1.29, 1.82) is 0 Å². The fraction of sp³-hybridized carbons (Fsp3) is 0.0714. The quantitative estimate of drug-likeness (QED) is 0.736. The number of H-pyrrole nitrogens is 1. The second kappa shape index (κ2) is 4.53. The van der Waals surface area contributed by atoms with Crippen LogP contribution in [0.25, 0.3) is 11.0 Å². The Morgan fingerprint density at radius 3 is 2.68 bits per heavy atom. The summed E-state index contributed by atoms with van der Waals surface area (Å²) in [6.07, 6.45) is 0. The van der Waals surface area contributed by atoms with Crippen molar-refractivity contribution in [3.63, 3.8) is 0 Å². The summed E-state index contributed by atoms with van der Waals surface area (Å²) in [6.45, 7) is 2.00. The predicted molar refractivity (Wildman–Crippen MR) is 73.0 cm³/mol. The first-order valence-electron chi connectivity index (χ1n) is 5.91. The van der Waals surface area contributed by atoms with Crippen LogP contribution >= 0.6 is 0 Å². The van der Waals surface area contributed by atoms with E-state index in [4.69, 9.17) is 0 Å². The SMILES string of the molecule is Cc1ccc(NC(=O)c2cccc3n[nH]nc23)cc1. The van der Waals surface area contributed by atoms with Gasteiger partial charge in [-0.3, -0.25) is 4.79 Å². The molecule has 0 saturated carbocycles. The molecule has 0 spiro atoms. The van der Waals surface area contributed by atoms with Gasteiger partial charge in [-0.1, -0.05) is 23.8 Å². The molecule has 2 aromatic carbocycles. The number of hydrogen-bond donors (Lipinski definition) is 2.